The minimum absolute atomic E-state index is 0.165. The largest absolute Gasteiger partial charge is 0.393 e. The van der Waals surface area contributed by atoms with Crippen LogP contribution in [-0.2, 0) is 0 Å². The third-order valence-corrected chi connectivity index (χ3v) is 2.38. The van der Waals surface area contributed by atoms with Crippen molar-refractivity contribution in [3.05, 3.63) is 0 Å². The maximum Gasteiger partial charge on any atom is 0.0595 e. The Morgan fingerprint density at radius 3 is 2.36 bits per heavy atom. The summed E-state index contributed by atoms with van der Waals surface area (Å²) in [6, 6.07) is 0. The van der Waals surface area contributed by atoms with Gasteiger partial charge in [0.15, 0.2) is 0 Å². The maximum atomic E-state index is 9.48. The molecule has 2 N–H and O–H groups in total. The second kappa shape index (κ2) is 3.11. The Labute approximate surface area is 68.2 Å². The van der Waals surface area contributed by atoms with E-state index in [9.17, 15) is 10.2 Å². The number of hydrogen-bond donors (Lipinski definition) is 2. The molecule has 1 aliphatic rings. The highest BCUT2D eigenvalue weighted by molar-refractivity contribution is 4.81. The molecular weight excluding hydrogens is 140 g/mol. The van der Waals surface area contributed by atoms with Crippen LogP contribution in [0.2, 0.25) is 0 Å². The van der Waals surface area contributed by atoms with Crippen LogP contribution in [-0.4, -0.2) is 21.9 Å². The van der Waals surface area contributed by atoms with Gasteiger partial charge in [0.25, 0.3) is 0 Å². The summed E-state index contributed by atoms with van der Waals surface area (Å²) in [6.07, 6.45) is 3.67. The molecule has 0 aromatic heterocycles. The molecular formula is C9H18O2. The lowest BCUT2D eigenvalue weighted by atomic mass is 9.91. The third-order valence-electron chi connectivity index (χ3n) is 2.38. The first kappa shape index (κ1) is 9.01. The van der Waals surface area contributed by atoms with Gasteiger partial charge in [0.2, 0.25) is 0 Å². The Morgan fingerprint density at radius 1 is 1.36 bits per heavy atom. The molecule has 0 aliphatic heterocycles. The first-order valence-corrected chi connectivity index (χ1v) is 4.39. The molecule has 0 radical (unpaired) electrons. The van der Waals surface area contributed by atoms with Crippen molar-refractivity contribution in [3.63, 3.8) is 0 Å². The highest BCUT2D eigenvalue weighted by atomic mass is 16.3. The van der Waals surface area contributed by atoms with Gasteiger partial charge in [0.05, 0.1) is 11.7 Å². The summed E-state index contributed by atoms with van der Waals surface area (Å²) in [5.74, 6) is 0.329. The lowest BCUT2D eigenvalue weighted by molar-refractivity contribution is 0.0244. The van der Waals surface area contributed by atoms with Gasteiger partial charge in [-0.3, -0.25) is 0 Å². The smallest absolute Gasteiger partial charge is 0.0595 e. The average Bonchev–Trinajstić information content (AvgIpc) is 2.12. The monoisotopic (exact) mass is 158 g/mol. The third kappa shape index (κ3) is 2.80. The zero-order valence-corrected chi connectivity index (χ0v) is 7.38. The van der Waals surface area contributed by atoms with Gasteiger partial charge in [0, 0.05) is 0 Å². The Kier molecular flexibility index (Phi) is 2.55. The van der Waals surface area contributed by atoms with E-state index in [1.165, 1.54) is 0 Å². The molecule has 1 aliphatic carbocycles. The van der Waals surface area contributed by atoms with Crippen LogP contribution in [0.5, 0.6) is 0 Å². The molecule has 2 nitrogen and oxygen atoms in total. The van der Waals surface area contributed by atoms with Crippen LogP contribution in [0.1, 0.15) is 39.5 Å². The van der Waals surface area contributed by atoms with Crippen molar-refractivity contribution in [2.75, 3.05) is 0 Å². The van der Waals surface area contributed by atoms with Crippen molar-refractivity contribution in [3.8, 4) is 0 Å². The van der Waals surface area contributed by atoms with Crippen molar-refractivity contribution in [1.82, 2.24) is 0 Å². The lowest BCUT2D eigenvalue weighted by Gasteiger charge is -2.23. The Balaban J connectivity index is 2.37. The van der Waals surface area contributed by atoms with Gasteiger partial charge in [-0.25, -0.2) is 0 Å². The molecule has 0 amide bonds. The van der Waals surface area contributed by atoms with Gasteiger partial charge in [-0.05, 0) is 39.0 Å². The number of hydrogen-bond acceptors (Lipinski definition) is 2. The van der Waals surface area contributed by atoms with Gasteiger partial charge in [-0.1, -0.05) is 6.42 Å². The second-order valence-corrected chi connectivity index (χ2v) is 4.27. The van der Waals surface area contributed by atoms with Crippen LogP contribution < -0.4 is 0 Å². The SMILES string of the molecule is CC(C)(O)CC1CCCC1O. The van der Waals surface area contributed by atoms with Gasteiger partial charge in [-0.2, -0.15) is 0 Å². The summed E-state index contributed by atoms with van der Waals surface area (Å²) >= 11 is 0. The molecule has 0 saturated heterocycles. The van der Waals surface area contributed by atoms with Gasteiger partial charge < -0.3 is 10.2 Å². The molecule has 11 heavy (non-hydrogen) atoms. The Morgan fingerprint density at radius 2 is 2.00 bits per heavy atom. The molecule has 0 aromatic rings. The van der Waals surface area contributed by atoms with Gasteiger partial charge in [0.1, 0.15) is 0 Å². The van der Waals surface area contributed by atoms with Crippen LogP contribution in [0.25, 0.3) is 0 Å². The molecule has 0 heterocycles. The van der Waals surface area contributed by atoms with E-state index in [0.29, 0.717) is 5.92 Å². The van der Waals surface area contributed by atoms with Crippen LogP contribution in [0.3, 0.4) is 0 Å². The van der Waals surface area contributed by atoms with E-state index in [2.05, 4.69) is 0 Å². The molecule has 1 saturated carbocycles. The van der Waals surface area contributed by atoms with Crippen LogP contribution in [0.4, 0.5) is 0 Å². The molecule has 66 valence electrons. The first-order chi connectivity index (χ1) is 4.99. The minimum Gasteiger partial charge on any atom is -0.393 e. The van der Waals surface area contributed by atoms with Crippen molar-refractivity contribution >= 4 is 0 Å². The van der Waals surface area contributed by atoms with E-state index in [1.807, 2.05) is 0 Å². The number of rotatable bonds is 2. The molecule has 2 unspecified atom stereocenters. The van der Waals surface area contributed by atoms with Gasteiger partial charge in [-0.15, -0.1) is 0 Å². The Hall–Kier alpha value is -0.0800. The van der Waals surface area contributed by atoms with Crippen molar-refractivity contribution in [2.24, 2.45) is 5.92 Å². The zero-order chi connectivity index (χ0) is 8.48. The van der Waals surface area contributed by atoms with Crippen molar-refractivity contribution in [1.29, 1.82) is 0 Å². The topological polar surface area (TPSA) is 40.5 Å². The van der Waals surface area contributed by atoms with E-state index in [1.54, 1.807) is 13.8 Å². The maximum absolute atomic E-state index is 9.48. The molecule has 1 fully saturated rings. The van der Waals surface area contributed by atoms with Crippen LogP contribution in [0.15, 0.2) is 0 Å². The highest BCUT2D eigenvalue weighted by Crippen LogP contribution is 2.31. The fraction of sp³-hybridized carbons (Fsp3) is 1.00. The predicted octanol–water partition coefficient (Wildman–Crippen LogP) is 1.31. The normalized spacial score (nSPS) is 32.7. The van der Waals surface area contributed by atoms with Crippen molar-refractivity contribution < 1.29 is 10.2 Å². The summed E-state index contributed by atoms with van der Waals surface area (Å²) in [7, 11) is 0. The average molecular weight is 158 g/mol. The summed E-state index contributed by atoms with van der Waals surface area (Å²) in [6.45, 7) is 3.61. The molecule has 0 aromatic carbocycles. The van der Waals surface area contributed by atoms with E-state index in [-0.39, 0.29) is 6.10 Å². The molecule has 2 heteroatoms. The van der Waals surface area contributed by atoms with Crippen LogP contribution in [0, 0.1) is 5.92 Å². The van der Waals surface area contributed by atoms with Gasteiger partial charge >= 0.3 is 0 Å². The van der Waals surface area contributed by atoms with E-state index >= 15 is 0 Å². The molecule has 0 bridgehead atoms. The fourth-order valence-corrected chi connectivity index (χ4v) is 1.90. The van der Waals surface area contributed by atoms with E-state index < -0.39 is 5.60 Å². The predicted molar refractivity (Wildman–Crippen MR) is 44.3 cm³/mol. The lowest BCUT2D eigenvalue weighted by Crippen LogP contribution is -2.26. The van der Waals surface area contributed by atoms with Crippen LogP contribution >= 0.6 is 0 Å². The number of aliphatic hydroxyl groups excluding tert-OH is 1. The Bertz CT molecular complexity index is 126. The van der Waals surface area contributed by atoms with E-state index in [0.717, 1.165) is 25.7 Å². The summed E-state index contributed by atoms with van der Waals surface area (Å²) in [5, 5.41) is 18.9. The molecule has 1 rings (SSSR count). The molecule has 2 atom stereocenters. The summed E-state index contributed by atoms with van der Waals surface area (Å²) < 4.78 is 0. The minimum atomic E-state index is -0.615. The fourth-order valence-electron chi connectivity index (χ4n) is 1.90. The first-order valence-electron chi connectivity index (χ1n) is 4.39. The van der Waals surface area contributed by atoms with E-state index in [4.69, 9.17) is 0 Å². The summed E-state index contributed by atoms with van der Waals surface area (Å²) in [5.41, 5.74) is -0.615. The second-order valence-electron chi connectivity index (χ2n) is 4.27. The van der Waals surface area contributed by atoms with Crippen molar-refractivity contribution in [2.45, 2.75) is 51.2 Å². The quantitative estimate of drug-likeness (QED) is 0.636. The highest BCUT2D eigenvalue weighted by Gasteiger charge is 2.29. The standard InChI is InChI=1S/C9H18O2/c1-9(2,11)6-7-4-3-5-8(7)10/h7-8,10-11H,3-6H2,1-2H3. The zero-order valence-electron chi connectivity index (χ0n) is 7.38. The molecule has 0 spiro atoms. The summed E-state index contributed by atoms with van der Waals surface area (Å²) in [4.78, 5) is 0. The number of aliphatic hydroxyl groups is 2.